The Labute approximate surface area is 101 Å². The van der Waals surface area contributed by atoms with E-state index in [4.69, 9.17) is 5.73 Å². The molecule has 0 spiro atoms. The molecule has 5 nitrogen and oxygen atoms in total. The molecule has 5 heteroatoms. The third-order valence-electron chi connectivity index (χ3n) is 3.11. The van der Waals surface area contributed by atoms with Gasteiger partial charge in [-0.15, -0.1) is 0 Å². The zero-order chi connectivity index (χ0) is 12.6. The van der Waals surface area contributed by atoms with E-state index in [9.17, 15) is 0 Å². The van der Waals surface area contributed by atoms with Crippen LogP contribution in [0.1, 0.15) is 26.3 Å². The lowest BCUT2D eigenvalue weighted by molar-refractivity contribution is 0.467. The van der Waals surface area contributed by atoms with Crippen LogP contribution in [0.2, 0.25) is 0 Å². The normalized spacial score (nSPS) is 13.9. The van der Waals surface area contributed by atoms with E-state index in [1.54, 1.807) is 10.8 Å². The number of aryl methyl sites for hydroxylation is 1. The third-order valence-corrected chi connectivity index (χ3v) is 3.11. The predicted molar refractivity (Wildman–Crippen MR) is 69.1 cm³/mol. The standard InChI is InChI=1S/C12H19N5/c1-8-5-10-14-7-15-17(10)11(6-8)16-12(3,4)9(2)13/h5-7,9,16H,13H2,1-4H3. The van der Waals surface area contributed by atoms with E-state index in [0.717, 1.165) is 17.0 Å². The fraction of sp³-hybridized carbons (Fsp3) is 0.500. The average Bonchev–Trinajstić information content (AvgIpc) is 2.64. The number of nitrogens with zero attached hydrogens (tertiary/aromatic N) is 3. The molecule has 0 aliphatic carbocycles. The molecule has 0 saturated carbocycles. The molecule has 0 radical (unpaired) electrons. The highest BCUT2D eigenvalue weighted by molar-refractivity contribution is 5.52. The summed E-state index contributed by atoms with van der Waals surface area (Å²) in [5.41, 5.74) is 7.75. The minimum Gasteiger partial charge on any atom is -0.364 e. The van der Waals surface area contributed by atoms with Gasteiger partial charge in [-0.3, -0.25) is 0 Å². The van der Waals surface area contributed by atoms with Gasteiger partial charge < -0.3 is 11.1 Å². The minimum atomic E-state index is -0.202. The molecule has 0 bridgehead atoms. The number of fused-ring (bicyclic) bond motifs is 1. The van der Waals surface area contributed by atoms with Crippen LogP contribution in [0.3, 0.4) is 0 Å². The summed E-state index contributed by atoms with van der Waals surface area (Å²) in [4.78, 5) is 4.20. The average molecular weight is 233 g/mol. The van der Waals surface area contributed by atoms with Gasteiger partial charge in [0, 0.05) is 11.6 Å². The van der Waals surface area contributed by atoms with Gasteiger partial charge in [-0.1, -0.05) is 0 Å². The van der Waals surface area contributed by atoms with E-state index in [-0.39, 0.29) is 11.6 Å². The second-order valence-electron chi connectivity index (χ2n) is 5.08. The second kappa shape index (κ2) is 4.00. The number of nitrogens with one attached hydrogen (secondary N) is 1. The van der Waals surface area contributed by atoms with E-state index in [0.29, 0.717) is 0 Å². The molecule has 2 rings (SSSR count). The molecule has 0 fully saturated rings. The molecular formula is C12H19N5. The van der Waals surface area contributed by atoms with E-state index < -0.39 is 0 Å². The molecule has 0 aliphatic heterocycles. The first-order chi connectivity index (χ1) is 7.90. The zero-order valence-electron chi connectivity index (χ0n) is 10.7. The number of aromatic nitrogens is 3. The van der Waals surface area contributed by atoms with Gasteiger partial charge in [-0.05, 0) is 45.4 Å². The van der Waals surface area contributed by atoms with Crippen molar-refractivity contribution in [3.63, 3.8) is 0 Å². The molecule has 1 unspecified atom stereocenters. The van der Waals surface area contributed by atoms with Gasteiger partial charge in [-0.2, -0.15) is 9.61 Å². The van der Waals surface area contributed by atoms with Crippen LogP contribution < -0.4 is 11.1 Å². The van der Waals surface area contributed by atoms with E-state index in [2.05, 4.69) is 29.2 Å². The van der Waals surface area contributed by atoms with Crippen molar-refractivity contribution >= 4 is 11.5 Å². The highest BCUT2D eigenvalue weighted by Crippen LogP contribution is 2.19. The Kier molecular flexibility index (Phi) is 2.79. The molecular weight excluding hydrogens is 214 g/mol. The maximum absolute atomic E-state index is 5.97. The van der Waals surface area contributed by atoms with Crippen LogP contribution in [0.15, 0.2) is 18.5 Å². The molecule has 0 aliphatic rings. The van der Waals surface area contributed by atoms with E-state index in [1.807, 2.05) is 26.0 Å². The van der Waals surface area contributed by atoms with Crippen molar-refractivity contribution in [1.29, 1.82) is 0 Å². The molecule has 2 heterocycles. The topological polar surface area (TPSA) is 68.2 Å². The summed E-state index contributed by atoms with van der Waals surface area (Å²) < 4.78 is 1.79. The lowest BCUT2D eigenvalue weighted by Crippen LogP contribution is -2.47. The van der Waals surface area contributed by atoms with E-state index >= 15 is 0 Å². The Morgan fingerprint density at radius 1 is 1.41 bits per heavy atom. The minimum absolute atomic E-state index is 0.0292. The Bertz CT molecular complexity index is 527. The van der Waals surface area contributed by atoms with Crippen LogP contribution in [0.5, 0.6) is 0 Å². The van der Waals surface area contributed by atoms with E-state index in [1.165, 1.54) is 0 Å². The molecule has 0 saturated heterocycles. The highest BCUT2D eigenvalue weighted by Gasteiger charge is 2.23. The zero-order valence-corrected chi connectivity index (χ0v) is 10.7. The summed E-state index contributed by atoms with van der Waals surface area (Å²) in [6.07, 6.45) is 1.55. The van der Waals surface area contributed by atoms with Crippen LogP contribution in [0.25, 0.3) is 5.65 Å². The van der Waals surface area contributed by atoms with Crippen molar-refractivity contribution in [3.05, 3.63) is 24.0 Å². The van der Waals surface area contributed by atoms with Crippen LogP contribution in [-0.2, 0) is 0 Å². The largest absolute Gasteiger partial charge is 0.364 e. The summed E-state index contributed by atoms with van der Waals surface area (Å²) in [5.74, 6) is 0.916. The van der Waals surface area contributed by atoms with Gasteiger partial charge >= 0.3 is 0 Å². The van der Waals surface area contributed by atoms with Crippen molar-refractivity contribution in [2.75, 3.05) is 5.32 Å². The van der Waals surface area contributed by atoms with Gasteiger partial charge in [0.15, 0.2) is 5.65 Å². The molecule has 0 amide bonds. The maximum Gasteiger partial charge on any atom is 0.157 e. The first-order valence-corrected chi connectivity index (χ1v) is 5.74. The molecule has 92 valence electrons. The number of pyridine rings is 1. The number of nitrogens with two attached hydrogens (primary N) is 1. The fourth-order valence-electron chi connectivity index (χ4n) is 1.59. The first-order valence-electron chi connectivity index (χ1n) is 5.74. The third kappa shape index (κ3) is 2.24. The monoisotopic (exact) mass is 233 g/mol. The molecule has 0 aromatic carbocycles. The van der Waals surface area contributed by atoms with Gasteiger partial charge in [-0.25, -0.2) is 4.98 Å². The molecule has 17 heavy (non-hydrogen) atoms. The smallest absolute Gasteiger partial charge is 0.157 e. The number of hydrogen-bond donors (Lipinski definition) is 2. The van der Waals surface area contributed by atoms with Gasteiger partial charge in [0.2, 0.25) is 0 Å². The SMILES string of the molecule is Cc1cc(NC(C)(C)C(C)N)n2ncnc2c1. The lowest BCUT2D eigenvalue weighted by atomic mass is 9.97. The van der Waals surface area contributed by atoms with Gasteiger partial charge in [0.25, 0.3) is 0 Å². The van der Waals surface area contributed by atoms with Crippen LogP contribution in [0.4, 0.5) is 5.82 Å². The van der Waals surface area contributed by atoms with Gasteiger partial charge in [0.05, 0.1) is 0 Å². The summed E-state index contributed by atoms with van der Waals surface area (Å²) in [7, 11) is 0. The maximum atomic E-state index is 5.97. The van der Waals surface area contributed by atoms with Crippen molar-refractivity contribution in [1.82, 2.24) is 14.6 Å². The summed E-state index contributed by atoms with van der Waals surface area (Å²) in [6, 6.07) is 4.07. The number of hydrogen-bond acceptors (Lipinski definition) is 4. The predicted octanol–water partition coefficient (Wildman–Crippen LogP) is 1.58. The fourth-order valence-corrected chi connectivity index (χ4v) is 1.59. The highest BCUT2D eigenvalue weighted by atomic mass is 15.3. The summed E-state index contributed by atoms with van der Waals surface area (Å²) >= 11 is 0. The Morgan fingerprint density at radius 3 is 2.76 bits per heavy atom. The Hall–Kier alpha value is -1.62. The molecule has 3 N–H and O–H groups in total. The van der Waals surface area contributed by atoms with Crippen LogP contribution >= 0.6 is 0 Å². The number of anilines is 1. The lowest BCUT2D eigenvalue weighted by Gasteiger charge is -2.31. The first kappa shape index (κ1) is 11.9. The van der Waals surface area contributed by atoms with Crippen molar-refractivity contribution < 1.29 is 0 Å². The second-order valence-corrected chi connectivity index (χ2v) is 5.08. The summed E-state index contributed by atoms with van der Waals surface area (Å²) in [6.45, 7) is 8.17. The molecule has 1 atom stereocenters. The molecule has 2 aromatic rings. The van der Waals surface area contributed by atoms with Crippen molar-refractivity contribution in [2.45, 2.75) is 39.3 Å². The quantitative estimate of drug-likeness (QED) is 0.844. The van der Waals surface area contributed by atoms with Gasteiger partial charge in [0.1, 0.15) is 12.1 Å². The Morgan fingerprint density at radius 2 is 2.12 bits per heavy atom. The van der Waals surface area contributed by atoms with Crippen molar-refractivity contribution in [2.24, 2.45) is 5.73 Å². The number of rotatable bonds is 3. The Balaban J connectivity index is 2.45. The van der Waals surface area contributed by atoms with Crippen molar-refractivity contribution in [3.8, 4) is 0 Å². The summed E-state index contributed by atoms with van der Waals surface area (Å²) in [5, 5.41) is 7.63. The van der Waals surface area contributed by atoms with Crippen LogP contribution in [0, 0.1) is 6.92 Å². The van der Waals surface area contributed by atoms with Crippen LogP contribution in [-0.4, -0.2) is 26.2 Å². The molecule has 2 aromatic heterocycles.